The summed E-state index contributed by atoms with van der Waals surface area (Å²) in [6.45, 7) is 0.456. The minimum Gasteiger partial charge on any atom is -0.438 e. The zero-order valence-corrected chi connectivity index (χ0v) is 18.6. The molecule has 0 fully saturated rings. The van der Waals surface area contributed by atoms with Crippen LogP contribution in [0, 0.1) is 0 Å². The standard InChI is InChI=1S/C27H21N5O3/c33-24(25-31-22-7-1-2-8-23(22)32-25)19-9-11-20(12-10-19)35-27-21(6-4-15-30-27)26(34)29-16-13-18-5-3-14-28-17-18/h1-12,14-15,17H,13,16H2,(H,29,34)(H,31,32). The lowest BCUT2D eigenvalue weighted by atomic mass is 10.1. The van der Waals surface area contributed by atoms with Crippen LogP contribution in [0.3, 0.4) is 0 Å². The van der Waals surface area contributed by atoms with Gasteiger partial charge in [0.25, 0.3) is 5.91 Å². The summed E-state index contributed by atoms with van der Waals surface area (Å²) in [6.07, 6.45) is 5.70. The fourth-order valence-electron chi connectivity index (χ4n) is 3.59. The Labute approximate surface area is 201 Å². The SMILES string of the molecule is O=C(c1ccc(Oc2ncccc2C(=O)NCCc2cccnc2)cc1)c1nc2ccccc2[nH]1. The van der Waals surface area contributed by atoms with Crippen molar-refractivity contribution in [2.45, 2.75) is 6.42 Å². The lowest BCUT2D eigenvalue weighted by molar-refractivity contribution is 0.0950. The van der Waals surface area contributed by atoms with Crippen LogP contribution in [0.1, 0.15) is 32.1 Å². The van der Waals surface area contributed by atoms with Crippen molar-refractivity contribution in [3.63, 3.8) is 0 Å². The number of aromatic amines is 1. The molecule has 0 aliphatic carbocycles. The highest BCUT2D eigenvalue weighted by atomic mass is 16.5. The molecular formula is C27H21N5O3. The maximum absolute atomic E-state index is 12.8. The number of imidazole rings is 1. The van der Waals surface area contributed by atoms with Crippen LogP contribution in [0.15, 0.2) is 91.4 Å². The highest BCUT2D eigenvalue weighted by Gasteiger charge is 2.16. The van der Waals surface area contributed by atoms with Gasteiger partial charge in [0.15, 0.2) is 5.82 Å². The number of carbonyl (C=O) groups is 2. The predicted octanol–water partition coefficient (Wildman–Crippen LogP) is 4.35. The number of amides is 1. The number of nitrogens with one attached hydrogen (secondary N) is 2. The first-order chi connectivity index (χ1) is 17.2. The molecule has 0 saturated heterocycles. The van der Waals surface area contributed by atoms with Gasteiger partial charge in [-0.1, -0.05) is 18.2 Å². The molecule has 2 aromatic carbocycles. The van der Waals surface area contributed by atoms with Gasteiger partial charge in [-0.3, -0.25) is 14.6 Å². The van der Waals surface area contributed by atoms with Crippen molar-refractivity contribution in [1.82, 2.24) is 25.3 Å². The molecule has 1 amide bonds. The normalized spacial score (nSPS) is 10.7. The molecule has 0 saturated carbocycles. The van der Waals surface area contributed by atoms with Crippen LogP contribution in [0.25, 0.3) is 11.0 Å². The summed E-state index contributed by atoms with van der Waals surface area (Å²) in [5, 5.41) is 2.88. The van der Waals surface area contributed by atoms with Gasteiger partial charge in [0, 0.05) is 30.7 Å². The van der Waals surface area contributed by atoms with Crippen molar-refractivity contribution in [2.75, 3.05) is 6.54 Å². The number of ether oxygens (including phenoxy) is 1. The van der Waals surface area contributed by atoms with Gasteiger partial charge in [-0.05, 0) is 66.6 Å². The number of hydrogen-bond donors (Lipinski definition) is 2. The first-order valence-electron chi connectivity index (χ1n) is 11.1. The van der Waals surface area contributed by atoms with Crippen molar-refractivity contribution in [3.05, 3.63) is 114 Å². The number of pyridine rings is 2. The maximum atomic E-state index is 12.8. The van der Waals surface area contributed by atoms with E-state index in [9.17, 15) is 9.59 Å². The van der Waals surface area contributed by atoms with Crippen LogP contribution < -0.4 is 10.1 Å². The number of fused-ring (bicyclic) bond motifs is 1. The van der Waals surface area contributed by atoms with E-state index in [1.165, 1.54) is 0 Å². The van der Waals surface area contributed by atoms with Crippen LogP contribution in [-0.2, 0) is 6.42 Å². The molecule has 0 radical (unpaired) electrons. The lowest BCUT2D eigenvalue weighted by Crippen LogP contribution is -2.26. The second-order valence-corrected chi connectivity index (χ2v) is 7.78. The summed E-state index contributed by atoms with van der Waals surface area (Å²) in [4.78, 5) is 41.2. The van der Waals surface area contributed by atoms with Gasteiger partial charge in [0.2, 0.25) is 11.7 Å². The fraction of sp³-hybridized carbons (Fsp3) is 0.0741. The van der Waals surface area contributed by atoms with Gasteiger partial charge in [-0.15, -0.1) is 0 Å². The molecule has 0 atom stereocenters. The molecule has 0 unspecified atom stereocenters. The maximum Gasteiger partial charge on any atom is 0.256 e. The highest BCUT2D eigenvalue weighted by molar-refractivity contribution is 6.08. The number of rotatable bonds is 8. The Morgan fingerprint density at radius 3 is 2.54 bits per heavy atom. The first kappa shape index (κ1) is 22.0. The molecule has 35 heavy (non-hydrogen) atoms. The number of carbonyl (C=O) groups excluding carboxylic acids is 2. The smallest absolute Gasteiger partial charge is 0.256 e. The van der Waals surface area contributed by atoms with E-state index < -0.39 is 0 Å². The summed E-state index contributed by atoms with van der Waals surface area (Å²) in [5.41, 5.74) is 3.36. The summed E-state index contributed by atoms with van der Waals surface area (Å²) >= 11 is 0. The Morgan fingerprint density at radius 2 is 1.74 bits per heavy atom. The summed E-state index contributed by atoms with van der Waals surface area (Å²) < 4.78 is 5.87. The molecule has 0 aliphatic rings. The lowest BCUT2D eigenvalue weighted by Gasteiger charge is -2.10. The molecule has 5 aromatic rings. The molecule has 172 valence electrons. The minimum atomic E-state index is -0.284. The van der Waals surface area contributed by atoms with Crippen molar-refractivity contribution in [3.8, 4) is 11.6 Å². The molecule has 0 spiro atoms. The third kappa shape index (κ3) is 5.06. The molecular weight excluding hydrogens is 442 g/mol. The van der Waals surface area contributed by atoms with Crippen LogP contribution in [0.2, 0.25) is 0 Å². The summed E-state index contributed by atoms with van der Waals surface area (Å²) in [6, 6.07) is 21.3. The molecule has 8 heteroatoms. The second-order valence-electron chi connectivity index (χ2n) is 7.78. The Balaban J connectivity index is 1.25. The Kier molecular flexibility index (Phi) is 6.25. The van der Waals surface area contributed by atoms with E-state index in [1.807, 2.05) is 36.4 Å². The predicted molar refractivity (Wildman–Crippen MR) is 131 cm³/mol. The Hall–Kier alpha value is -4.85. The number of nitrogens with zero attached hydrogens (tertiary/aromatic N) is 3. The average Bonchev–Trinajstić information content (AvgIpc) is 3.34. The monoisotopic (exact) mass is 463 g/mol. The quantitative estimate of drug-likeness (QED) is 0.331. The number of ketones is 1. The van der Waals surface area contributed by atoms with Gasteiger partial charge >= 0.3 is 0 Å². The van der Waals surface area contributed by atoms with Crippen LogP contribution in [0.5, 0.6) is 11.6 Å². The van der Waals surface area contributed by atoms with Gasteiger partial charge in [-0.2, -0.15) is 0 Å². The van der Waals surface area contributed by atoms with Gasteiger partial charge in [0.05, 0.1) is 11.0 Å². The van der Waals surface area contributed by atoms with E-state index >= 15 is 0 Å². The van der Waals surface area contributed by atoms with Crippen LogP contribution in [0.4, 0.5) is 0 Å². The van der Waals surface area contributed by atoms with Gasteiger partial charge < -0.3 is 15.0 Å². The Morgan fingerprint density at radius 1 is 0.914 bits per heavy atom. The topological polar surface area (TPSA) is 110 Å². The largest absolute Gasteiger partial charge is 0.438 e. The van der Waals surface area contributed by atoms with Crippen molar-refractivity contribution in [2.24, 2.45) is 0 Å². The number of benzene rings is 2. The van der Waals surface area contributed by atoms with E-state index in [0.717, 1.165) is 16.6 Å². The second kappa shape index (κ2) is 9.96. The third-order valence-electron chi connectivity index (χ3n) is 5.37. The first-order valence-corrected chi connectivity index (χ1v) is 11.1. The van der Waals surface area contributed by atoms with E-state index in [2.05, 4.69) is 25.3 Å². The number of hydrogen-bond acceptors (Lipinski definition) is 6. The number of para-hydroxylation sites is 2. The van der Waals surface area contributed by atoms with E-state index in [-0.39, 0.29) is 23.4 Å². The number of aromatic nitrogens is 4. The van der Waals surface area contributed by atoms with E-state index in [4.69, 9.17) is 4.74 Å². The molecule has 3 aromatic heterocycles. The molecule has 5 rings (SSSR count). The average molecular weight is 463 g/mol. The zero-order chi connectivity index (χ0) is 24.0. The molecule has 0 bridgehead atoms. The van der Waals surface area contributed by atoms with Crippen molar-refractivity contribution >= 4 is 22.7 Å². The van der Waals surface area contributed by atoms with E-state index in [0.29, 0.717) is 29.8 Å². The van der Waals surface area contributed by atoms with Crippen molar-refractivity contribution in [1.29, 1.82) is 0 Å². The third-order valence-corrected chi connectivity index (χ3v) is 5.37. The van der Waals surface area contributed by atoms with Crippen LogP contribution in [-0.4, -0.2) is 38.2 Å². The molecule has 8 nitrogen and oxygen atoms in total. The molecule has 3 heterocycles. The minimum absolute atomic E-state index is 0.183. The Bertz CT molecular complexity index is 1450. The van der Waals surface area contributed by atoms with Crippen molar-refractivity contribution < 1.29 is 14.3 Å². The zero-order valence-electron chi connectivity index (χ0n) is 18.6. The molecule has 0 aliphatic heterocycles. The number of H-pyrrole nitrogens is 1. The summed E-state index contributed by atoms with van der Waals surface area (Å²) in [5.74, 6) is 0.403. The van der Waals surface area contributed by atoms with Crippen LogP contribution >= 0.6 is 0 Å². The summed E-state index contributed by atoms with van der Waals surface area (Å²) in [7, 11) is 0. The highest BCUT2D eigenvalue weighted by Crippen LogP contribution is 2.24. The van der Waals surface area contributed by atoms with E-state index in [1.54, 1.807) is 55.0 Å². The van der Waals surface area contributed by atoms with Gasteiger partial charge in [0.1, 0.15) is 11.3 Å². The van der Waals surface area contributed by atoms with Gasteiger partial charge in [-0.25, -0.2) is 9.97 Å². The molecule has 2 N–H and O–H groups in total. The fourth-order valence-corrected chi connectivity index (χ4v) is 3.59.